The van der Waals surface area contributed by atoms with Gasteiger partial charge in [0.15, 0.2) is 12.2 Å². The van der Waals surface area contributed by atoms with Crippen LogP contribution in [-0.4, -0.2) is 96.7 Å². The number of aliphatic hydroxyl groups excluding tert-OH is 1. The first kappa shape index (κ1) is 93.5. The van der Waals surface area contributed by atoms with Crippen LogP contribution in [0, 0.1) is 5.92 Å². The first-order valence-corrected chi connectivity index (χ1v) is 42.4. The number of esters is 4. The summed E-state index contributed by atoms with van der Waals surface area (Å²) >= 11 is 0. The Kier molecular flexibility index (Phi) is 67.8. The fraction of sp³-hybridized carbons (Fsp3) is 0.896. The van der Waals surface area contributed by atoms with Crippen LogP contribution in [0.15, 0.2) is 24.3 Å². The SMILES string of the molecule is CCCCCC/C=C\C=C/CCCCCCCC(=O)OC[C@H](COP(=O)(O)OC[C@@H](O)COP(=O)(O)OC[C@@H](COC(=O)CCCCCCCCC(C)C)OC(=O)CCCCCCCCCCCCCCCC)OC(=O)CCCCCCCCCCCCCCCCCCCC. The van der Waals surface area contributed by atoms with E-state index in [9.17, 15) is 43.2 Å². The molecule has 0 aliphatic carbocycles. The molecule has 0 aromatic rings. The summed E-state index contributed by atoms with van der Waals surface area (Å²) in [5.74, 6) is -1.47. The highest BCUT2D eigenvalue weighted by atomic mass is 31.2. The molecule has 0 fully saturated rings. The molecule has 0 rings (SSSR count). The number of phosphoric acid groups is 2. The summed E-state index contributed by atoms with van der Waals surface area (Å²) < 4.78 is 68.5. The van der Waals surface area contributed by atoms with Crippen LogP contribution in [0.4, 0.5) is 0 Å². The Hall–Kier alpha value is -2.46. The van der Waals surface area contributed by atoms with Gasteiger partial charge in [0.1, 0.15) is 19.3 Å². The predicted octanol–water partition coefficient (Wildman–Crippen LogP) is 22.4. The van der Waals surface area contributed by atoms with Crippen LogP contribution in [0.25, 0.3) is 0 Å². The second kappa shape index (κ2) is 69.6. The van der Waals surface area contributed by atoms with Gasteiger partial charge in [0.05, 0.1) is 26.4 Å². The first-order chi connectivity index (χ1) is 46.5. The topological polar surface area (TPSA) is 237 Å². The van der Waals surface area contributed by atoms with Gasteiger partial charge in [-0.1, -0.05) is 329 Å². The lowest BCUT2D eigenvalue weighted by atomic mass is 10.0. The summed E-state index contributed by atoms with van der Waals surface area (Å²) in [4.78, 5) is 72.8. The molecule has 0 radical (unpaired) electrons. The van der Waals surface area contributed by atoms with Crippen LogP contribution < -0.4 is 0 Å². The molecule has 17 nitrogen and oxygen atoms in total. The lowest BCUT2D eigenvalue weighted by Crippen LogP contribution is -2.30. The quantitative estimate of drug-likeness (QED) is 0.0169. The smallest absolute Gasteiger partial charge is 0.462 e. The maximum atomic E-state index is 13.1. The van der Waals surface area contributed by atoms with E-state index in [4.69, 9.17) is 37.0 Å². The fourth-order valence-electron chi connectivity index (χ4n) is 11.3. The molecule has 0 aromatic heterocycles. The first-order valence-electron chi connectivity index (χ1n) is 39.5. The number of phosphoric ester groups is 2. The van der Waals surface area contributed by atoms with Crippen LogP contribution >= 0.6 is 15.6 Å². The van der Waals surface area contributed by atoms with Crippen molar-refractivity contribution in [2.45, 2.75) is 400 Å². The average Bonchev–Trinajstić information content (AvgIpc) is 1.29. The second-order valence-corrected chi connectivity index (χ2v) is 30.4. The highest BCUT2D eigenvalue weighted by molar-refractivity contribution is 7.47. The van der Waals surface area contributed by atoms with Crippen molar-refractivity contribution in [1.82, 2.24) is 0 Å². The van der Waals surface area contributed by atoms with E-state index < -0.39 is 97.5 Å². The number of carbonyl (C=O) groups excluding carboxylic acids is 4. The summed E-state index contributed by atoms with van der Waals surface area (Å²) in [6, 6.07) is 0. The van der Waals surface area contributed by atoms with Gasteiger partial charge in [0.25, 0.3) is 0 Å². The number of unbranched alkanes of at least 4 members (excludes halogenated alkanes) is 44. The highest BCUT2D eigenvalue weighted by Crippen LogP contribution is 2.45. The van der Waals surface area contributed by atoms with Crippen LogP contribution in [0.3, 0.4) is 0 Å². The van der Waals surface area contributed by atoms with Crippen molar-refractivity contribution in [3.63, 3.8) is 0 Å². The van der Waals surface area contributed by atoms with Crippen LogP contribution in [-0.2, 0) is 65.4 Å². The molecule has 96 heavy (non-hydrogen) atoms. The summed E-state index contributed by atoms with van der Waals surface area (Å²) in [5.41, 5.74) is 0. The Morgan fingerprint density at radius 2 is 0.562 bits per heavy atom. The average molecular weight is 1410 g/mol. The van der Waals surface area contributed by atoms with Crippen molar-refractivity contribution in [3.8, 4) is 0 Å². The fourth-order valence-corrected chi connectivity index (χ4v) is 12.9. The van der Waals surface area contributed by atoms with Crippen molar-refractivity contribution in [1.29, 1.82) is 0 Å². The van der Waals surface area contributed by atoms with Crippen molar-refractivity contribution in [2.24, 2.45) is 5.92 Å². The standard InChI is InChI=1S/C77H146O17P2/c1-6-9-12-15-18-21-24-27-30-31-32-34-37-40-43-46-53-58-63-76(81)93-72(66-87-74(79)60-55-50-44-41-38-36-33-28-25-22-19-16-13-10-7-2)68-91-95(83,84)89-64-71(78)65-90-96(85,86)92-69-73(67-88-75(80)61-56-51-48-47-49-54-59-70(4)5)94-77(82)62-57-52-45-42-39-35-29-26-23-20-17-14-11-8-3/h22,25,28,33,70-73,78H,6-21,23-24,26-27,29-32,34-69H2,1-5H3,(H,83,84)(H,85,86)/b25-22-,33-28-/t71-,72-,73-/m1/s1. The third-order valence-electron chi connectivity index (χ3n) is 17.4. The molecule has 0 spiro atoms. The number of rotatable bonds is 75. The molecule has 0 heterocycles. The van der Waals surface area contributed by atoms with E-state index in [0.29, 0.717) is 31.6 Å². The number of hydrogen-bond donors (Lipinski definition) is 3. The molecule has 0 amide bonds. The van der Waals surface area contributed by atoms with Gasteiger partial charge in [-0.2, -0.15) is 0 Å². The Bertz CT molecular complexity index is 1930. The molecule has 0 aromatic carbocycles. The molecular formula is C77H146O17P2. The van der Waals surface area contributed by atoms with Crippen molar-refractivity contribution < 1.29 is 80.2 Å². The number of aliphatic hydroxyl groups is 1. The van der Waals surface area contributed by atoms with Crippen molar-refractivity contribution in [2.75, 3.05) is 39.6 Å². The van der Waals surface area contributed by atoms with E-state index in [-0.39, 0.29) is 25.7 Å². The molecule has 0 bridgehead atoms. The Morgan fingerprint density at radius 1 is 0.323 bits per heavy atom. The highest BCUT2D eigenvalue weighted by Gasteiger charge is 2.30. The second-order valence-electron chi connectivity index (χ2n) is 27.5. The third-order valence-corrected chi connectivity index (χ3v) is 19.3. The predicted molar refractivity (Wildman–Crippen MR) is 391 cm³/mol. The van der Waals surface area contributed by atoms with Gasteiger partial charge in [-0.3, -0.25) is 37.3 Å². The number of ether oxygens (including phenoxy) is 4. The monoisotopic (exact) mass is 1410 g/mol. The van der Waals surface area contributed by atoms with Crippen LogP contribution in [0.2, 0.25) is 0 Å². The summed E-state index contributed by atoms with van der Waals surface area (Å²) in [7, 11) is -9.92. The molecule has 0 saturated heterocycles. The molecule has 19 heteroatoms. The zero-order valence-electron chi connectivity index (χ0n) is 62.0. The Morgan fingerprint density at radius 3 is 0.854 bits per heavy atom. The Labute approximate surface area is 586 Å². The maximum Gasteiger partial charge on any atom is 0.472 e. The van der Waals surface area contributed by atoms with E-state index >= 15 is 0 Å². The van der Waals surface area contributed by atoms with E-state index in [1.165, 1.54) is 180 Å². The largest absolute Gasteiger partial charge is 0.472 e. The molecule has 0 aliphatic heterocycles. The van der Waals surface area contributed by atoms with Crippen LogP contribution in [0.5, 0.6) is 0 Å². The maximum absolute atomic E-state index is 13.1. The number of hydrogen-bond acceptors (Lipinski definition) is 15. The zero-order chi connectivity index (χ0) is 70.5. The minimum Gasteiger partial charge on any atom is -0.462 e. The van der Waals surface area contributed by atoms with Gasteiger partial charge in [-0.15, -0.1) is 0 Å². The lowest BCUT2D eigenvalue weighted by molar-refractivity contribution is -0.161. The van der Waals surface area contributed by atoms with Gasteiger partial charge in [-0.05, 0) is 57.3 Å². The van der Waals surface area contributed by atoms with E-state index in [0.717, 1.165) is 116 Å². The minimum atomic E-state index is -4.96. The molecule has 3 N–H and O–H groups in total. The van der Waals surface area contributed by atoms with Gasteiger partial charge >= 0.3 is 39.5 Å². The summed E-state index contributed by atoms with van der Waals surface area (Å²) in [5, 5.41) is 10.6. The zero-order valence-corrected chi connectivity index (χ0v) is 63.8. The Balaban J connectivity index is 5.26. The summed E-state index contributed by atoms with van der Waals surface area (Å²) in [6.07, 6.45) is 62.0. The lowest BCUT2D eigenvalue weighted by Gasteiger charge is -2.21. The number of allylic oxidation sites excluding steroid dienone is 4. The normalized spacial score (nSPS) is 14.1. The molecule has 0 saturated carbocycles. The summed E-state index contributed by atoms with van der Waals surface area (Å²) in [6.45, 7) is 7.15. The van der Waals surface area contributed by atoms with Gasteiger partial charge in [0.2, 0.25) is 0 Å². The molecular weight excluding hydrogens is 1260 g/mol. The van der Waals surface area contributed by atoms with E-state index in [1.54, 1.807) is 0 Å². The molecule has 2 unspecified atom stereocenters. The molecule has 0 aliphatic rings. The van der Waals surface area contributed by atoms with Gasteiger partial charge in [0, 0.05) is 25.7 Å². The minimum absolute atomic E-state index is 0.102. The third kappa shape index (κ3) is 70.0. The van der Waals surface area contributed by atoms with Gasteiger partial charge < -0.3 is 33.8 Å². The molecule has 566 valence electrons. The van der Waals surface area contributed by atoms with E-state index in [1.807, 2.05) is 0 Å². The molecule has 5 atom stereocenters. The number of carbonyl (C=O) groups is 4. The van der Waals surface area contributed by atoms with Crippen LogP contribution in [0.1, 0.15) is 381 Å². The van der Waals surface area contributed by atoms with Gasteiger partial charge in [-0.25, -0.2) is 9.13 Å². The van der Waals surface area contributed by atoms with Crippen molar-refractivity contribution >= 4 is 39.5 Å². The van der Waals surface area contributed by atoms with E-state index in [2.05, 4.69) is 58.9 Å². The van der Waals surface area contributed by atoms with Crippen molar-refractivity contribution in [3.05, 3.63) is 24.3 Å².